The van der Waals surface area contributed by atoms with Crippen molar-refractivity contribution in [3.8, 4) is 5.75 Å². The highest BCUT2D eigenvalue weighted by atomic mass is 16.5. The summed E-state index contributed by atoms with van der Waals surface area (Å²) in [6.07, 6.45) is 1.81. The van der Waals surface area contributed by atoms with E-state index in [2.05, 4.69) is 10.6 Å². The van der Waals surface area contributed by atoms with Crippen molar-refractivity contribution in [3.05, 3.63) is 23.8 Å². The number of hydrogen-bond donors (Lipinski definition) is 3. The molecule has 2 amide bonds. The number of nitrogens with one attached hydrogen (secondary N) is 2. The summed E-state index contributed by atoms with van der Waals surface area (Å²) >= 11 is 0. The van der Waals surface area contributed by atoms with Crippen LogP contribution in [0.2, 0.25) is 0 Å². The van der Waals surface area contributed by atoms with Crippen LogP contribution in [0.15, 0.2) is 18.2 Å². The van der Waals surface area contributed by atoms with Crippen LogP contribution in [0.25, 0.3) is 0 Å². The fraction of sp³-hybridized carbons (Fsp3) is 0.429. The molecule has 1 atom stereocenters. The molecule has 0 aromatic heterocycles. The minimum atomic E-state index is -1.08. The first-order valence-electron chi connectivity index (χ1n) is 6.66. The standard InChI is InChI=1S/C14H18N2O5/c1-20-12-7-9(4-5-11(12)13(17)18)15-14(19)16-10-3-2-6-21-8-10/h4-5,7,10H,2-3,6,8H2,1H3,(H,17,18)(H2,15,16,19). The van der Waals surface area contributed by atoms with Crippen LogP contribution in [0.3, 0.4) is 0 Å². The molecule has 7 nitrogen and oxygen atoms in total. The Labute approximate surface area is 122 Å². The van der Waals surface area contributed by atoms with E-state index in [0.717, 1.165) is 19.4 Å². The van der Waals surface area contributed by atoms with Gasteiger partial charge < -0.3 is 25.2 Å². The fourth-order valence-corrected chi connectivity index (χ4v) is 2.15. The lowest BCUT2D eigenvalue weighted by atomic mass is 10.1. The van der Waals surface area contributed by atoms with Gasteiger partial charge in [0.1, 0.15) is 11.3 Å². The highest BCUT2D eigenvalue weighted by Gasteiger charge is 2.17. The zero-order valence-corrected chi connectivity index (χ0v) is 11.7. The summed E-state index contributed by atoms with van der Waals surface area (Å²) in [4.78, 5) is 22.8. The molecule has 1 saturated heterocycles. The largest absolute Gasteiger partial charge is 0.496 e. The van der Waals surface area contributed by atoms with E-state index >= 15 is 0 Å². The van der Waals surface area contributed by atoms with Crippen molar-refractivity contribution in [3.63, 3.8) is 0 Å². The molecule has 2 rings (SSSR count). The van der Waals surface area contributed by atoms with Gasteiger partial charge in [0.15, 0.2) is 0 Å². The number of carbonyl (C=O) groups excluding carboxylic acids is 1. The van der Waals surface area contributed by atoms with Gasteiger partial charge in [-0.3, -0.25) is 0 Å². The van der Waals surface area contributed by atoms with Crippen molar-refractivity contribution in [2.24, 2.45) is 0 Å². The van der Waals surface area contributed by atoms with Crippen LogP contribution in [-0.4, -0.2) is 43.5 Å². The van der Waals surface area contributed by atoms with E-state index in [1.165, 1.54) is 25.3 Å². The molecule has 1 aliphatic rings. The quantitative estimate of drug-likeness (QED) is 0.785. The zero-order chi connectivity index (χ0) is 15.2. The Morgan fingerprint density at radius 3 is 2.86 bits per heavy atom. The van der Waals surface area contributed by atoms with Gasteiger partial charge in [-0.1, -0.05) is 0 Å². The Balaban J connectivity index is 1.98. The lowest BCUT2D eigenvalue weighted by Gasteiger charge is -2.23. The van der Waals surface area contributed by atoms with E-state index in [9.17, 15) is 9.59 Å². The molecular weight excluding hydrogens is 276 g/mol. The van der Waals surface area contributed by atoms with Crippen LogP contribution in [-0.2, 0) is 4.74 Å². The number of rotatable bonds is 4. The summed E-state index contributed by atoms with van der Waals surface area (Å²) in [6.45, 7) is 1.24. The van der Waals surface area contributed by atoms with E-state index in [0.29, 0.717) is 12.3 Å². The molecule has 1 aromatic carbocycles. The van der Waals surface area contributed by atoms with Crippen molar-refractivity contribution < 1.29 is 24.2 Å². The van der Waals surface area contributed by atoms with Crippen LogP contribution in [0, 0.1) is 0 Å². The summed E-state index contributed by atoms with van der Waals surface area (Å²) in [7, 11) is 1.38. The number of aromatic carboxylic acids is 1. The lowest BCUT2D eigenvalue weighted by molar-refractivity contribution is 0.0693. The van der Waals surface area contributed by atoms with Crippen molar-refractivity contribution in [1.29, 1.82) is 0 Å². The average Bonchev–Trinajstić information content (AvgIpc) is 2.47. The minimum absolute atomic E-state index is 0.000983. The van der Waals surface area contributed by atoms with Gasteiger partial charge in [0.25, 0.3) is 0 Å². The molecule has 21 heavy (non-hydrogen) atoms. The molecule has 0 aliphatic carbocycles. The van der Waals surface area contributed by atoms with Crippen molar-refractivity contribution in [1.82, 2.24) is 5.32 Å². The maximum absolute atomic E-state index is 11.9. The first-order chi connectivity index (χ1) is 10.1. The van der Waals surface area contributed by atoms with Gasteiger partial charge in [-0.15, -0.1) is 0 Å². The number of hydrogen-bond acceptors (Lipinski definition) is 4. The number of methoxy groups -OCH3 is 1. The summed E-state index contributed by atoms with van der Waals surface area (Å²) in [5.41, 5.74) is 0.509. The predicted octanol–water partition coefficient (Wildman–Crippen LogP) is 1.69. The van der Waals surface area contributed by atoms with Gasteiger partial charge >= 0.3 is 12.0 Å². The van der Waals surface area contributed by atoms with E-state index in [-0.39, 0.29) is 23.4 Å². The Bertz CT molecular complexity index is 526. The van der Waals surface area contributed by atoms with Crippen LogP contribution in [0.4, 0.5) is 10.5 Å². The molecule has 0 saturated carbocycles. The van der Waals surface area contributed by atoms with Crippen molar-refractivity contribution >= 4 is 17.7 Å². The third-order valence-corrected chi connectivity index (χ3v) is 3.19. The first kappa shape index (κ1) is 15.1. The maximum atomic E-state index is 11.9. The third kappa shape index (κ3) is 4.09. The molecule has 3 N–H and O–H groups in total. The molecule has 0 radical (unpaired) electrons. The number of urea groups is 1. The molecule has 1 fully saturated rings. The topological polar surface area (TPSA) is 96.9 Å². The molecule has 7 heteroatoms. The summed E-state index contributed by atoms with van der Waals surface area (Å²) < 4.78 is 10.3. The van der Waals surface area contributed by atoms with Gasteiger partial charge in [-0.25, -0.2) is 9.59 Å². The summed E-state index contributed by atoms with van der Waals surface area (Å²) in [5, 5.41) is 14.5. The molecule has 1 heterocycles. The normalized spacial score (nSPS) is 17.9. The van der Waals surface area contributed by atoms with E-state index in [1.807, 2.05) is 0 Å². The van der Waals surface area contributed by atoms with Crippen LogP contribution in [0.5, 0.6) is 5.75 Å². The number of carbonyl (C=O) groups is 2. The van der Waals surface area contributed by atoms with Gasteiger partial charge in [0, 0.05) is 18.4 Å². The predicted molar refractivity (Wildman–Crippen MR) is 75.9 cm³/mol. The second kappa shape index (κ2) is 6.94. The van der Waals surface area contributed by atoms with Gasteiger partial charge in [-0.05, 0) is 25.0 Å². The molecule has 1 aromatic rings. The molecule has 1 aliphatic heterocycles. The zero-order valence-electron chi connectivity index (χ0n) is 11.7. The third-order valence-electron chi connectivity index (χ3n) is 3.19. The number of amides is 2. The Morgan fingerprint density at radius 2 is 2.24 bits per heavy atom. The van der Waals surface area contributed by atoms with E-state index in [1.54, 1.807) is 0 Å². The lowest BCUT2D eigenvalue weighted by Crippen LogP contribution is -2.42. The summed E-state index contributed by atoms with van der Waals surface area (Å²) in [5.74, 6) is -0.886. The smallest absolute Gasteiger partial charge is 0.339 e. The number of carboxylic acids is 1. The van der Waals surface area contributed by atoms with Crippen LogP contribution in [0.1, 0.15) is 23.2 Å². The van der Waals surface area contributed by atoms with Gasteiger partial charge in [0.2, 0.25) is 0 Å². The van der Waals surface area contributed by atoms with Gasteiger partial charge in [0.05, 0.1) is 19.8 Å². The average molecular weight is 294 g/mol. The van der Waals surface area contributed by atoms with E-state index in [4.69, 9.17) is 14.6 Å². The SMILES string of the molecule is COc1cc(NC(=O)NC2CCCOC2)ccc1C(=O)O. The number of ether oxygens (including phenoxy) is 2. The number of benzene rings is 1. The molecule has 114 valence electrons. The highest BCUT2D eigenvalue weighted by Crippen LogP contribution is 2.23. The Kier molecular flexibility index (Phi) is 4.99. The van der Waals surface area contributed by atoms with Crippen molar-refractivity contribution in [2.75, 3.05) is 25.6 Å². The molecular formula is C14H18N2O5. The fourth-order valence-electron chi connectivity index (χ4n) is 2.15. The summed E-state index contributed by atoms with van der Waals surface area (Å²) in [6, 6.07) is 4.03. The van der Waals surface area contributed by atoms with E-state index < -0.39 is 5.97 Å². The monoisotopic (exact) mass is 294 g/mol. The number of anilines is 1. The van der Waals surface area contributed by atoms with Crippen LogP contribution >= 0.6 is 0 Å². The molecule has 0 bridgehead atoms. The first-order valence-corrected chi connectivity index (χ1v) is 6.66. The molecule has 0 spiro atoms. The van der Waals surface area contributed by atoms with Crippen LogP contribution < -0.4 is 15.4 Å². The maximum Gasteiger partial charge on any atom is 0.339 e. The minimum Gasteiger partial charge on any atom is -0.496 e. The second-order valence-corrected chi connectivity index (χ2v) is 4.73. The number of carboxylic acid groups (broad SMARTS) is 1. The Hall–Kier alpha value is -2.28. The van der Waals surface area contributed by atoms with Gasteiger partial charge in [-0.2, -0.15) is 0 Å². The van der Waals surface area contributed by atoms with Crippen molar-refractivity contribution in [2.45, 2.75) is 18.9 Å². The Morgan fingerprint density at radius 1 is 1.43 bits per heavy atom. The molecule has 1 unspecified atom stereocenters. The second-order valence-electron chi connectivity index (χ2n) is 4.73. The highest BCUT2D eigenvalue weighted by molar-refractivity contribution is 5.94.